The number of hydrogen-bond donors (Lipinski definition) is 1. The number of ether oxygens (including phenoxy) is 1. The molecule has 0 unspecified atom stereocenters. The minimum Gasteiger partial charge on any atom is -0.459 e. The van der Waals surface area contributed by atoms with Gasteiger partial charge >= 0.3 is 5.97 Å². The van der Waals surface area contributed by atoms with E-state index >= 15 is 0 Å². The second-order valence-electron chi connectivity index (χ2n) is 4.34. The highest BCUT2D eigenvalue weighted by atomic mass is 16.6. The van der Waals surface area contributed by atoms with Crippen molar-refractivity contribution in [2.45, 2.75) is 32.0 Å². The lowest BCUT2D eigenvalue weighted by Crippen LogP contribution is -2.21. The zero-order valence-corrected chi connectivity index (χ0v) is 9.30. The van der Waals surface area contributed by atoms with Crippen molar-refractivity contribution in [3.63, 3.8) is 0 Å². The number of esters is 1. The molecular weight excluding hydrogens is 204 g/mol. The zero-order chi connectivity index (χ0) is 11.5. The molecule has 2 rings (SSSR count). The summed E-state index contributed by atoms with van der Waals surface area (Å²) in [6, 6.07) is 9.88. The lowest BCUT2D eigenvalue weighted by Gasteiger charge is -2.10. The van der Waals surface area contributed by atoms with Gasteiger partial charge in [0.2, 0.25) is 0 Å². The molecule has 0 bridgehead atoms. The van der Waals surface area contributed by atoms with Crippen LogP contribution >= 0.6 is 0 Å². The summed E-state index contributed by atoms with van der Waals surface area (Å²) in [5.41, 5.74) is 1.13. The summed E-state index contributed by atoms with van der Waals surface area (Å²) < 4.78 is 5.12. The average molecular weight is 220 g/mol. The normalized spacial score (nSPS) is 26.5. The van der Waals surface area contributed by atoms with Crippen molar-refractivity contribution in [1.82, 2.24) is 0 Å². The van der Waals surface area contributed by atoms with Gasteiger partial charge in [-0.05, 0) is 18.9 Å². The highest BCUT2D eigenvalue weighted by Crippen LogP contribution is 2.26. The predicted molar refractivity (Wildman–Crippen MR) is 59.8 cm³/mol. The highest BCUT2D eigenvalue weighted by Gasteiger charge is 2.36. The second kappa shape index (κ2) is 4.66. The minimum atomic E-state index is -0.579. The van der Waals surface area contributed by atoms with Crippen LogP contribution in [0.3, 0.4) is 0 Å². The van der Waals surface area contributed by atoms with Gasteiger partial charge in [0.15, 0.2) is 0 Å². The molecule has 86 valence electrons. The van der Waals surface area contributed by atoms with E-state index in [0.717, 1.165) is 5.56 Å². The number of cyclic esters (lactones) is 1. The van der Waals surface area contributed by atoms with Crippen molar-refractivity contribution >= 4 is 5.97 Å². The van der Waals surface area contributed by atoms with E-state index in [1.54, 1.807) is 6.92 Å². The Labute approximate surface area is 95.0 Å². The summed E-state index contributed by atoms with van der Waals surface area (Å²) >= 11 is 0. The van der Waals surface area contributed by atoms with E-state index in [0.29, 0.717) is 12.8 Å². The number of carbonyl (C=O) groups excluding carboxylic acids is 1. The summed E-state index contributed by atoms with van der Waals surface area (Å²) in [4.78, 5) is 11.6. The summed E-state index contributed by atoms with van der Waals surface area (Å²) in [5, 5.41) is 9.38. The average Bonchev–Trinajstić information content (AvgIpc) is 2.62. The Morgan fingerprint density at radius 3 is 2.69 bits per heavy atom. The first kappa shape index (κ1) is 11.1. The number of hydrogen-bond acceptors (Lipinski definition) is 3. The van der Waals surface area contributed by atoms with Gasteiger partial charge in [0.05, 0.1) is 12.0 Å². The van der Waals surface area contributed by atoms with Crippen LogP contribution in [0.25, 0.3) is 0 Å². The fourth-order valence-electron chi connectivity index (χ4n) is 2.03. The summed E-state index contributed by atoms with van der Waals surface area (Å²) in [6.07, 6.45) is 0.403. The maximum Gasteiger partial charge on any atom is 0.309 e. The van der Waals surface area contributed by atoms with Crippen LogP contribution in [0.1, 0.15) is 18.9 Å². The van der Waals surface area contributed by atoms with Gasteiger partial charge in [0, 0.05) is 6.42 Å². The summed E-state index contributed by atoms with van der Waals surface area (Å²) in [6.45, 7) is 1.66. The molecule has 0 saturated carbocycles. The van der Waals surface area contributed by atoms with E-state index in [1.807, 2.05) is 30.3 Å². The molecule has 0 spiro atoms. The van der Waals surface area contributed by atoms with E-state index in [9.17, 15) is 9.90 Å². The minimum absolute atomic E-state index is 0.109. The fraction of sp³-hybridized carbons (Fsp3) is 0.462. The Morgan fingerprint density at radius 1 is 1.44 bits per heavy atom. The third kappa shape index (κ3) is 2.42. The van der Waals surface area contributed by atoms with Crippen LogP contribution in [0.2, 0.25) is 0 Å². The van der Waals surface area contributed by atoms with Gasteiger partial charge in [-0.1, -0.05) is 30.3 Å². The van der Waals surface area contributed by atoms with Gasteiger partial charge in [-0.3, -0.25) is 4.79 Å². The van der Waals surface area contributed by atoms with E-state index in [2.05, 4.69) is 0 Å². The number of rotatable bonds is 3. The van der Waals surface area contributed by atoms with Crippen molar-refractivity contribution in [2.75, 3.05) is 0 Å². The van der Waals surface area contributed by atoms with Crippen LogP contribution in [0, 0.1) is 5.92 Å². The first-order chi connectivity index (χ1) is 7.66. The van der Waals surface area contributed by atoms with Crippen molar-refractivity contribution in [3.8, 4) is 0 Å². The van der Waals surface area contributed by atoms with Gasteiger partial charge in [0.1, 0.15) is 6.10 Å². The first-order valence-corrected chi connectivity index (χ1v) is 5.59. The highest BCUT2D eigenvalue weighted by molar-refractivity contribution is 5.75. The van der Waals surface area contributed by atoms with Crippen molar-refractivity contribution in [1.29, 1.82) is 0 Å². The van der Waals surface area contributed by atoms with E-state index in [-0.39, 0.29) is 18.0 Å². The Morgan fingerprint density at radius 2 is 2.12 bits per heavy atom. The lowest BCUT2D eigenvalue weighted by atomic mass is 9.95. The largest absolute Gasteiger partial charge is 0.459 e. The monoisotopic (exact) mass is 220 g/mol. The molecule has 1 N–H and O–H groups in total. The standard InChI is InChI=1S/C13H16O3/c1-9(14)12-8-11(13(15)16-12)7-10-5-3-2-4-6-10/h2-6,9,11-12,14H,7-8H2,1H3/t9-,11+,12-/m0/s1. The number of carbonyl (C=O) groups is 1. The molecule has 1 fully saturated rings. The van der Waals surface area contributed by atoms with E-state index < -0.39 is 6.10 Å². The molecule has 1 aromatic carbocycles. The molecular formula is C13H16O3. The summed E-state index contributed by atoms with van der Waals surface area (Å²) in [7, 11) is 0. The fourth-order valence-corrected chi connectivity index (χ4v) is 2.03. The van der Waals surface area contributed by atoms with Crippen molar-refractivity contribution in [2.24, 2.45) is 5.92 Å². The molecule has 0 aromatic heterocycles. The van der Waals surface area contributed by atoms with Gasteiger partial charge < -0.3 is 9.84 Å². The number of aliphatic hydroxyl groups excluding tert-OH is 1. The molecule has 1 heterocycles. The Hall–Kier alpha value is -1.35. The molecule has 3 nitrogen and oxygen atoms in total. The Kier molecular flexibility index (Phi) is 3.25. The van der Waals surface area contributed by atoms with Crippen LogP contribution in [-0.2, 0) is 16.0 Å². The molecule has 0 aliphatic carbocycles. The molecule has 3 atom stereocenters. The van der Waals surface area contributed by atoms with Crippen molar-refractivity contribution in [3.05, 3.63) is 35.9 Å². The van der Waals surface area contributed by atoms with Crippen LogP contribution in [-0.4, -0.2) is 23.3 Å². The van der Waals surface area contributed by atoms with E-state index in [1.165, 1.54) is 0 Å². The molecule has 16 heavy (non-hydrogen) atoms. The number of benzene rings is 1. The van der Waals surface area contributed by atoms with Crippen LogP contribution in [0.15, 0.2) is 30.3 Å². The molecule has 1 aliphatic heterocycles. The van der Waals surface area contributed by atoms with Gasteiger partial charge in [-0.2, -0.15) is 0 Å². The third-order valence-electron chi connectivity index (χ3n) is 2.98. The second-order valence-corrected chi connectivity index (χ2v) is 4.34. The molecule has 0 amide bonds. The van der Waals surface area contributed by atoms with Gasteiger partial charge in [0.25, 0.3) is 0 Å². The Balaban J connectivity index is 1.99. The molecule has 3 heteroatoms. The Bertz CT molecular complexity index is 359. The third-order valence-corrected chi connectivity index (χ3v) is 2.98. The molecule has 1 aromatic rings. The lowest BCUT2D eigenvalue weighted by molar-refractivity contribution is -0.147. The smallest absolute Gasteiger partial charge is 0.309 e. The van der Waals surface area contributed by atoms with Crippen molar-refractivity contribution < 1.29 is 14.6 Å². The van der Waals surface area contributed by atoms with Crippen LogP contribution < -0.4 is 0 Å². The summed E-state index contributed by atoms with van der Waals surface area (Å²) in [5.74, 6) is -0.295. The quantitative estimate of drug-likeness (QED) is 0.786. The van der Waals surface area contributed by atoms with Gasteiger partial charge in [-0.15, -0.1) is 0 Å². The van der Waals surface area contributed by atoms with Gasteiger partial charge in [-0.25, -0.2) is 0 Å². The molecule has 1 saturated heterocycles. The topological polar surface area (TPSA) is 46.5 Å². The first-order valence-electron chi connectivity index (χ1n) is 5.59. The molecule has 0 radical (unpaired) electrons. The maximum absolute atomic E-state index is 11.6. The molecule has 1 aliphatic rings. The zero-order valence-electron chi connectivity index (χ0n) is 9.30. The van der Waals surface area contributed by atoms with E-state index in [4.69, 9.17) is 4.74 Å². The van der Waals surface area contributed by atoms with Crippen LogP contribution in [0.5, 0.6) is 0 Å². The maximum atomic E-state index is 11.6. The number of aliphatic hydroxyl groups is 1. The predicted octanol–water partition coefficient (Wildman–Crippen LogP) is 1.54. The van der Waals surface area contributed by atoms with Crippen LogP contribution in [0.4, 0.5) is 0 Å². The SMILES string of the molecule is C[C@H](O)[C@@H]1C[C@@H](Cc2ccccc2)C(=O)O1.